The van der Waals surface area contributed by atoms with Crippen molar-refractivity contribution in [2.24, 2.45) is 0 Å². The van der Waals surface area contributed by atoms with Crippen molar-refractivity contribution in [2.45, 2.75) is 10.6 Å². The number of amides is 1. The molecule has 3 rings (SSSR count). The highest BCUT2D eigenvalue weighted by molar-refractivity contribution is 7.90. The molecule has 1 amide bonds. The Morgan fingerprint density at radius 2 is 1.38 bits per heavy atom. The van der Waals surface area contributed by atoms with Gasteiger partial charge in [0.15, 0.2) is 9.84 Å². The monoisotopic (exact) mass is 367 g/mol. The zero-order valence-corrected chi connectivity index (χ0v) is 14.6. The lowest BCUT2D eigenvalue weighted by molar-refractivity contribution is 0.0702. The summed E-state index contributed by atoms with van der Waals surface area (Å²) in [6, 6.07) is 22.8. The standard InChI is InChI=1S/C20H17NO4S/c22-20(21-23)18-8-4-5-9-19(18)26(24,25)14-15-10-12-17(13-11-15)16-6-2-1-3-7-16/h1-13,23H,14H2,(H,21,22). The van der Waals surface area contributed by atoms with Crippen molar-refractivity contribution in [3.05, 3.63) is 90.0 Å². The Kier molecular flexibility index (Phi) is 5.16. The second-order valence-electron chi connectivity index (χ2n) is 5.76. The highest BCUT2D eigenvalue weighted by Crippen LogP contribution is 2.23. The van der Waals surface area contributed by atoms with Gasteiger partial charge in [0.2, 0.25) is 0 Å². The molecule has 0 saturated carbocycles. The Hall–Kier alpha value is -2.96. The van der Waals surface area contributed by atoms with Gasteiger partial charge in [-0.15, -0.1) is 0 Å². The highest BCUT2D eigenvalue weighted by atomic mass is 32.2. The lowest BCUT2D eigenvalue weighted by Crippen LogP contribution is -2.21. The molecule has 6 heteroatoms. The maximum Gasteiger partial charge on any atom is 0.275 e. The Bertz CT molecular complexity index is 1010. The van der Waals surface area contributed by atoms with Crippen LogP contribution in [0.2, 0.25) is 0 Å². The first-order chi connectivity index (χ1) is 12.5. The van der Waals surface area contributed by atoms with Crippen LogP contribution in [-0.2, 0) is 15.6 Å². The first-order valence-electron chi connectivity index (χ1n) is 7.92. The van der Waals surface area contributed by atoms with Gasteiger partial charge in [0.1, 0.15) is 0 Å². The van der Waals surface area contributed by atoms with E-state index < -0.39 is 15.7 Å². The summed E-state index contributed by atoms with van der Waals surface area (Å²) < 4.78 is 25.5. The fourth-order valence-electron chi connectivity index (χ4n) is 2.71. The Balaban J connectivity index is 1.88. The van der Waals surface area contributed by atoms with Crippen molar-refractivity contribution in [3.63, 3.8) is 0 Å². The number of hydrogen-bond donors (Lipinski definition) is 2. The molecular weight excluding hydrogens is 350 g/mol. The van der Waals surface area contributed by atoms with Crippen LogP contribution in [0.15, 0.2) is 83.8 Å². The van der Waals surface area contributed by atoms with Crippen LogP contribution < -0.4 is 5.48 Å². The fraction of sp³-hybridized carbons (Fsp3) is 0.0500. The molecule has 0 radical (unpaired) electrons. The van der Waals surface area contributed by atoms with Gasteiger partial charge in [0, 0.05) is 0 Å². The molecule has 26 heavy (non-hydrogen) atoms. The largest absolute Gasteiger partial charge is 0.288 e. The molecule has 0 atom stereocenters. The molecular formula is C20H17NO4S. The number of benzene rings is 3. The summed E-state index contributed by atoms with van der Waals surface area (Å²) in [4.78, 5) is 11.6. The molecule has 0 aromatic heterocycles. The average Bonchev–Trinajstić information content (AvgIpc) is 2.68. The molecule has 0 unspecified atom stereocenters. The van der Waals surface area contributed by atoms with E-state index in [2.05, 4.69) is 0 Å². The van der Waals surface area contributed by atoms with E-state index in [-0.39, 0.29) is 16.2 Å². The van der Waals surface area contributed by atoms with Gasteiger partial charge >= 0.3 is 0 Å². The zero-order valence-electron chi connectivity index (χ0n) is 13.8. The molecule has 5 nitrogen and oxygen atoms in total. The van der Waals surface area contributed by atoms with Crippen molar-refractivity contribution >= 4 is 15.7 Å². The van der Waals surface area contributed by atoms with Crippen LogP contribution in [0.4, 0.5) is 0 Å². The minimum absolute atomic E-state index is 0.0871. The summed E-state index contributed by atoms with van der Waals surface area (Å²) >= 11 is 0. The zero-order chi connectivity index (χ0) is 18.6. The SMILES string of the molecule is O=C(NO)c1ccccc1S(=O)(=O)Cc1ccc(-c2ccccc2)cc1. The second-order valence-corrected chi connectivity index (χ2v) is 7.72. The third-order valence-electron chi connectivity index (χ3n) is 3.99. The smallest absolute Gasteiger partial charge is 0.275 e. The van der Waals surface area contributed by atoms with Crippen LogP contribution in [-0.4, -0.2) is 19.5 Å². The molecule has 0 aliphatic heterocycles. The first-order valence-corrected chi connectivity index (χ1v) is 9.57. The predicted octanol–water partition coefficient (Wildman–Crippen LogP) is 3.45. The van der Waals surface area contributed by atoms with Gasteiger partial charge in [-0.2, -0.15) is 0 Å². The fourth-order valence-corrected chi connectivity index (χ4v) is 4.28. The lowest BCUT2D eigenvalue weighted by Gasteiger charge is -2.10. The van der Waals surface area contributed by atoms with E-state index in [0.29, 0.717) is 5.56 Å². The van der Waals surface area contributed by atoms with Crippen molar-refractivity contribution < 1.29 is 18.4 Å². The number of hydroxylamine groups is 1. The number of nitrogens with one attached hydrogen (secondary N) is 1. The van der Waals surface area contributed by atoms with E-state index in [9.17, 15) is 13.2 Å². The number of carbonyl (C=O) groups is 1. The summed E-state index contributed by atoms with van der Waals surface area (Å²) in [6.07, 6.45) is 0. The lowest BCUT2D eigenvalue weighted by atomic mass is 10.0. The number of sulfone groups is 1. The van der Waals surface area contributed by atoms with Gasteiger partial charge in [-0.3, -0.25) is 10.0 Å². The molecule has 3 aromatic rings. The van der Waals surface area contributed by atoms with E-state index in [4.69, 9.17) is 5.21 Å². The van der Waals surface area contributed by atoms with Crippen LogP contribution >= 0.6 is 0 Å². The van der Waals surface area contributed by atoms with Crippen molar-refractivity contribution in [2.75, 3.05) is 0 Å². The van der Waals surface area contributed by atoms with Crippen molar-refractivity contribution in [1.82, 2.24) is 5.48 Å². The third kappa shape index (κ3) is 3.82. The van der Waals surface area contributed by atoms with Crippen molar-refractivity contribution in [3.8, 4) is 11.1 Å². The molecule has 0 aliphatic rings. The topological polar surface area (TPSA) is 83.5 Å². The van der Waals surface area contributed by atoms with Gasteiger partial charge in [-0.1, -0.05) is 66.7 Å². The second kappa shape index (κ2) is 7.51. The van der Waals surface area contributed by atoms with E-state index in [0.717, 1.165) is 11.1 Å². The van der Waals surface area contributed by atoms with Crippen LogP contribution in [0.3, 0.4) is 0 Å². The molecule has 132 valence electrons. The van der Waals surface area contributed by atoms with Gasteiger partial charge in [0.25, 0.3) is 5.91 Å². The molecule has 0 fully saturated rings. The van der Waals surface area contributed by atoms with E-state index in [1.807, 2.05) is 42.5 Å². The van der Waals surface area contributed by atoms with E-state index >= 15 is 0 Å². The van der Waals surface area contributed by atoms with Crippen LogP contribution in [0, 0.1) is 0 Å². The van der Waals surface area contributed by atoms with Crippen LogP contribution in [0.1, 0.15) is 15.9 Å². The van der Waals surface area contributed by atoms with Crippen LogP contribution in [0.5, 0.6) is 0 Å². The summed E-state index contributed by atoms with van der Waals surface area (Å²) in [6.45, 7) is 0. The molecule has 0 spiro atoms. The average molecular weight is 367 g/mol. The number of carbonyl (C=O) groups excluding carboxylic acids is 1. The molecule has 3 aromatic carbocycles. The molecule has 0 aliphatic carbocycles. The van der Waals surface area contributed by atoms with Gasteiger partial charge < -0.3 is 0 Å². The Labute approximate surface area is 151 Å². The minimum Gasteiger partial charge on any atom is -0.288 e. The number of hydrogen-bond acceptors (Lipinski definition) is 4. The predicted molar refractivity (Wildman–Crippen MR) is 98.5 cm³/mol. The number of rotatable bonds is 5. The first kappa shape index (κ1) is 17.8. The van der Waals surface area contributed by atoms with E-state index in [1.54, 1.807) is 18.2 Å². The summed E-state index contributed by atoms with van der Waals surface area (Å²) in [5.41, 5.74) is 4.05. The maximum atomic E-state index is 12.7. The third-order valence-corrected chi connectivity index (χ3v) is 5.73. The van der Waals surface area contributed by atoms with Crippen LogP contribution in [0.25, 0.3) is 11.1 Å². The molecule has 0 heterocycles. The summed E-state index contributed by atoms with van der Waals surface area (Å²) in [5, 5.41) is 8.81. The maximum absolute atomic E-state index is 12.7. The van der Waals surface area contributed by atoms with E-state index in [1.165, 1.54) is 23.7 Å². The minimum atomic E-state index is -3.75. The quantitative estimate of drug-likeness (QED) is 0.534. The van der Waals surface area contributed by atoms with Gasteiger partial charge in [-0.25, -0.2) is 13.9 Å². The van der Waals surface area contributed by atoms with Crippen molar-refractivity contribution in [1.29, 1.82) is 0 Å². The highest BCUT2D eigenvalue weighted by Gasteiger charge is 2.22. The summed E-state index contributed by atoms with van der Waals surface area (Å²) in [5.74, 6) is -1.10. The summed E-state index contributed by atoms with van der Waals surface area (Å²) in [7, 11) is -3.75. The molecule has 0 saturated heterocycles. The molecule has 0 bridgehead atoms. The Morgan fingerprint density at radius 3 is 2.04 bits per heavy atom. The normalized spacial score (nSPS) is 11.1. The van der Waals surface area contributed by atoms with Gasteiger partial charge in [0.05, 0.1) is 16.2 Å². The Morgan fingerprint density at radius 1 is 0.808 bits per heavy atom. The van der Waals surface area contributed by atoms with Gasteiger partial charge in [-0.05, 0) is 28.8 Å². The molecule has 2 N–H and O–H groups in total.